The minimum atomic E-state index is -0.717. The topological polar surface area (TPSA) is 75.6 Å². The Hall–Kier alpha value is -2.14. The molecule has 2 atom stereocenters. The summed E-state index contributed by atoms with van der Waals surface area (Å²) in [4.78, 5) is 24.5. The molecule has 0 aromatic heterocycles. The lowest BCUT2D eigenvalue weighted by Gasteiger charge is -2.21. The van der Waals surface area contributed by atoms with Gasteiger partial charge in [-0.3, -0.25) is 4.79 Å². The molecule has 0 spiro atoms. The number of rotatable bonds is 5. The van der Waals surface area contributed by atoms with E-state index in [1.54, 1.807) is 0 Å². The fourth-order valence-electron chi connectivity index (χ4n) is 3.12. The number of ether oxygens (including phenoxy) is 1. The molecule has 2 aliphatic heterocycles. The first-order valence-electron chi connectivity index (χ1n) is 8.12. The third kappa shape index (κ3) is 3.45. The summed E-state index contributed by atoms with van der Waals surface area (Å²) in [7, 11) is 0. The van der Waals surface area contributed by atoms with Crippen molar-refractivity contribution >= 4 is 11.8 Å². The van der Waals surface area contributed by atoms with Crippen LogP contribution in [0.25, 0.3) is 0 Å². The van der Waals surface area contributed by atoms with E-state index in [0.717, 1.165) is 24.9 Å². The Morgan fingerprint density at radius 1 is 1.26 bits per heavy atom. The van der Waals surface area contributed by atoms with Crippen molar-refractivity contribution in [3.05, 3.63) is 47.2 Å². The second kappa shape index (κ2) is 6.96. The van der Waals surface area contributed by atoms with Crippen molar-refractivity contribution < 1.29 is 19.4 Å². The minimum absolute atomic E-state index is 0.164. The summed E-state index contributed by atoms with van der Waals surface area (Å²) >= 11 is 0. The number of carbonyl (C=O) groups excluding carboxylic acids is 2. The zero-order valence-corrected chi connectivity index (χ0v) is 13.0. The lowest BCUT2D eigenvalue weighted by molar-refractivity contribution is -0.141. The predicted molar refractivity (Wildman–Crippen MR) is 84.9 cm³/mol. The number of carbonyl (C=O) groups is 2. The van der Waals surface area contributed by atoms with Gasteiger partial charge in [0.15, 0.2) is 17.6 Å². The molecule has 2 N–H and O–H groups in total. The van der Waals surface area contributed by atoms with Gasteiger partial charge in [0.1, 0.15) is 5.57 Å². The molecule has 5 nitrogen and oxygen atoms in total. The molecule has 0 unspecified atom stereocenters. The molecule has 1 aromatic carbocycles. The average Bonchev–Trinajstić information content (AvgIpc) is 2.88. The van der Waals surface area contributed by atoms with Gasteiger partial charge in [-0.1, -0.05) is 36.8 Å². The summed E-state index contributed by atoms with van der Waals surface area (Å²) in [5.41, 5.74) is 0.938. The Morgan fingerprint density at radius 2 is 2.04 bits per heavy atom. The molecule has 5 heteroatoms. The number of cyclic esters (lactones) is 1. The van der Waals surface area contributed by atoms with E-state index in [-0.39, 0.29) is 23.2 Å². The lowest BCUT2D eigenvalue weighted by Crippen LogP contribution is -2.42. The number of hydrogen-bond acceptors (Lipinski definition) is 5. The summed E-state index contributed by atoms with van der Waals surface area (Å²) in [5.74, 6) is -1.24. The number of benzene rings is 1. The minimum Gasteiger partial charge on any atom is -0.507 e. The number of aliphatic hydroxyl groups excluding tert-OH is 1. The number of aliphatic hydroxyl groups is 1. The summed E-state index contributed by atoms with van der Waals surface area (Å²) in [6.45, 7) is 0.761. The van der Waals surface area contributed by atoms with E-state index in [4.69, 9.17) is 4.74 Å². The van der Waals surface area contributed by atoms with Crippen molar-refractivity contribution in [2.75, 3.05) is 6.54 Å². The Kier molecular flexibility index (Phi) is 4.76. The Labute approximate surface area is 135 Å². The summed E-state index contributed by atoms with van der Waals surface area (Å²) in [5, 5.41) is 13.4. The fraction of sp³-hybridized carbons (Fsp3) is 0.444. The van der Waals surface area contributed by atoms with Crippen LogP contribution in [0.5, 0.6) is 0 Å². The number of Topliss-reactive ketones (excluding diaryl/α,β-unsaturated/α-hetero) is 1. The highest BCUT2D eigenvalue weighted by Crippen LogP contribution is 2.27. The van der Waals surface area contributed by atoms with Gasteiger partial charge in [0.2, 0.25) is 0 Å². The summed E-state index contributed by atoms with van der Waals surface area (Å²) < 4.78 is 5.21. The van der Waals surface area contributed by atoms with Crippen molar-refractivity contribution in [3.63, 3.8) is 0 Å². The maximum Gasteiger partial charge on any atom is 0.346 e. The Bertz CT molecular complexity index is 617. The maximum absolute atomic E-state index is 12.5. The first-order chi connectivity index (χ1) is 11.2. The number of aryl methyl sites for hydroxylation is 1. The van der Waals surface area contributed by atoms with E-state index in [1.165, 1.54) is 0 Å². The number of piperidine rings is 1. The van der Waals surface area contributed by atoms with Crippen molar-refractivity contribution in [2.45, 2.75) is 44.2 Å². The molecule has 122 valence electrons. The fourth-order valence-corrected chi connectivity index (χ4v) is 3.12. The largest absolute Gasteiger partial charge is 0.507 e. The second-order valence-electron chi connectivity index (χ2n) is 6.05. The molecule has 23 heavy (non-hydrogen) atoms. The van der Waals surface area contributed by atoms with E-state index >= 15 is 0 Å². The monoisotopic (exact) mass is 315 g/mol. The molecule has 0 aliphatic carbocycles. The van der Waals surface area contributed by atoms with Gasteiger partial charge in [0, 0.05) is 0 Å². The zero-order chi connectivity index (χ0) is 16.2. The third-order valence-corrected chi connectivity index (χ3v) is 4.43. The zero-order valence-electron chi connectivity index (χ0n) is 13.0. The first kappa shape index (κ1) is 15.7. The average molecular weight is 315 g/mol. The van der Waals surface area contributed by atoms with Gasteiger partial charge in [0.05, 0.1) is 6.04 Å². The van der Waals surface area contributed by atoms with Crippen molar-refractivity contribution in [2.24, 2.45) is 0 Å². The van der Waals surface area contributed by atoms with Gasteiger partial charge in [0.25, 0.3) is 0 Å². The highest BCUT2D eigenvalue weighted by atomic mass is 16.6. The first-order valence-corrected chi connectivity index (χ1v) is 8.12. The number of ketones is 1. The van der Waals surface area contributed by atoms with Gasteiger partial charge in [-0.05, 0) is 37.8 Å². The van der Waals surface area contributed by atoms with Crippen LogP contribution in [-0.4, -0.2) is 35.5 Å². The third-order valence-electron chi connectivity index (χ3n) is 4.43. The van der Waals surface area contributed by atoms with Crippen LogP contribution in [0.2, 0.25) is 0 Å². The van der Waals surface area contributed by atoms with Crippen molar-refractivity contribution in [3.8, 4) is 0 Å². The molecule has 1 aromatic rings. The van der Waals surface area contributed by atoms with Crippen molar-refractivity contribution in [1.82, 2.24) is 5.32 Å². The molecule has 0 amide bonds. The van der Waals surface area contributed by atoms with Crippen LogP contribution in [0.15, 0.2) is 41.7 Å². The number of nitrogens with one attached hydrogen (secondary N) is 1. The van der Waals surface area contributed by atoms with Crippen LogP contribution in [0.1, 0.15) is 31.2 Å². The standard InChI is InChI=1S/C18H21NO4/c20-16(13-8-4-5-11-19-13)15-17(21)14(23-18(15)22)10-9-12-6-2-1-3-7-12/h1-3,6-7,13-14,19,21H,4-5,8-11H2/t13-,14+/m0/s1. The summed E-state index contributed by atoms with van der Waals surface area (Å²) in [6, 6.07) is 9.39. The molecular formula is C18H21NO4. The van der Waals surface area contributed by atoms with Crippen LogP contribution in [0.3, 0.4) is 0 Å². The van der Waals surface area contributed by atoms with Gasteiger partial charge in [-0.2, -0.15) is 0 Å². The molecule has 1 fully saturated rings. The smallest absolute Gasteiger partial charge is 0.346 e. The SMILES string of the molecule is O=C1O[C@H](CCc2ccccc2)C(O)=C1C(=O)[C@@H]1CCCCN1. The highest BCUT2D eigenvalue weighted by Gasteiger charge is 2.40. The molecule has 0 bridgehead atoms. The summed E-state index contributed by atoms with van der Waals surface area (Å²) in [6.07, 6.45) is 3.09. The van der Waals surface area contributed by atoms with Gasteiger partial charge in [-0.15, -0.1) is 0 Å². The van der Waals surface area contributed by atoms with E-state index < -0.39 is 12.1 Å². The Balaban J connectivity index is 1.68. The van der Waals surface area contributed by atoms with Crippen LogP contribution >= 0.6 is 0 Å². The van der Waals surface area contributed by atoms with E-state index in [1.807, 2.05) is 30.3 Å². The van der Waals surface area contributed by atoms with E-state index in [9.17, 15) is 14.7 Å². The van der Waals surface area contributed by atoms with Crippen LogP contribution in [0, 0.1) is 0 Å². The van der Waals surface area contributed by atoms with Crippen LogP contribution < -0.4 is 5.32 Å². The predicted octanol–water partition coefficient (Wildman–Crippen LogP) is 2.07. The molecule has 0 radical (unpaired) electrons. The maximum atomic E-state index is 12.5. The van der Waals surface area contributed by atoms with Gasteiger partial charge in [-0.25, -0.2) is 4.79 Å². The lowest BCUT2D eigenvalue weighted by atomic mass is 9.95. The van der Waals surface area contributed by atoms with E-state index in [2.05, 4.69) is 5.32 Å². The molecular weight excluding hydrogens is 294 g/mol. The molecule has 1 saturated heterocycles. The Morgan fingerprint density at radius 3 is 2.74 bits per heavy atom. The highest BCUT2D eigenvalue weighted by molar-refractivity contribution is 6.20. The normalized spacial score (nSPS) is 24.6. The van der Waals surface area contributed by atoms with Crippen LogP contribution in [0.4, 0.5) is 0 Å². The quantitative estimate of drug-likeness (QED) is 0.642. The van der Waals surface area contributed by atoms with Crippen molar-refractivity contribution in [1.29, 1.82) is 0 Å². The van der Waals surface area contributed by atoms with E-state index in [0.29, 0.717) is 19.3 Å². The molecule has 3 rings (SSSR count). The van der Waals surface area contributed by atoms with Crippen LogP contribution in [-0.2, 0) is 20.7 Å². The van der Waals surface area contributed by atoms with Gasteiger partial charge >= 0.3 is 5.97 Å². The number of hydrogen-bond donors (Lipinski definition) is 2. The molecule has 2 heterocycles. The molecule has 0 saturated carbocycles. The number of esters is 1. The molecule has 2 aliphatic rings. The second-order valence-corrected chi connectivity index (χ2v) is 6.05. The van der Waals surface area contributed by atoms with Gasteiger partial charge < -0.3 is 15.2 Å².